The van der Waals surface area contributed by atoms with Crippen LogP contribution in [0.3, 0.4) is 0 Å². The van der Waals surface area contributed by atoms with E-state index in [1.165, 1.54) is 0 Å². The molecule has 19 heavy (non-hydrogen) atoms. The molecule has 1 aromatic carbocycles. The third-order valence-electron chi connectivity index (χ3n) is 3.68. The number of ether oxygens (including phenoxy) is 1. The maximum atomic E-state index is 10.3. The molecule has 4 heteroatoms. The fourth-order valence-corrected chi connectivity index (χ4v) is 2.39. The van der Waals surface area contributed by atoms with E-state index in [1.807, 2.05) is 24.3 Å². The van der Waals surface area contributed by atoms with E-state index in [1.54, 1.807) is 13.3 Å². The zero-order valence-electron chi connectivity index (χ0n) is 11.2. The fourth-order valence-electron chi connectivity index (χ4n) is 2.39. The Kier molecular flexibility index (Phi) is 4.56. The molecule has 104 valence electrons. The number of hydrogen-bond acceptors (Lipinski definition) is 4. The van der Waals surface area contributed by atoms with Crippen molar-refractivity contribution in [2.75, 3.05) is 13.7 Å². The molecule has 1 aliphatic carbocycles. The van der Waals surface area contributed by atoms with Gasteiger partial charge in [0, 0.05) is 6.21 Å². The van der Waals surface area contributed by atoms with Crippen LogP contribution in [0.2, 0.25) is 0 Å². The van der Waals surface area contributed by atoms with Crippen molar-refractivity contribution in [1.82, 2.24) is 0 Å². The van der Waals surface area contributed by atoms with Gasteiger partial charge in [0.25, 0.3) is 0 Å². The molecule has 2 N–H and O–H groups in total. The summed E-state index contributed by atoms with van der Waals surface area (Å²) in [6, 6.07) is 7.55. The number of methoxy groups -OCH3 is 1. The van der Waals surface area contributed by atoms with Gasteiger partial charge in [-0.05, 0) is 42.7 Å². The Labute approximate surface area is 113 Å². The Hall–Kier alpha value is -1.39. The van der Waals surface area contributed by atoms with Crippen molar-refractivity contribution in [2.24, 2.45) is 4.99 Å². The van der Waals surface area contributed by atoms with E-state index in [0.717, 1.165) is 24.2 Å². The monoisotopic (exact) mass is 263 g/mol. The summed E-state index contributed by atoms with van der Waals surface area (Å²) in [5.41, 5.74) is -0.101. The normalized spacial score (nSPS) is 27.6. The first kappa shape index (κ1) is 14.0. The van der Waals surface area contributed by atoms with Crippen molar-refractivity contribution in [2.45, 2.75) is 37.4 Å². The summed E-state index contributed by atoms with van der Waals surface area (Å²) >= 11 is 0. The van der Waals surface area contributed by atoms with Crippen molar-refractivity contribution < 1.29 is 14.9 Å². The molecule has 2 rings (SSSR count). The van der Waals surface area contributed by atoms with Crippen LogP contribution in [-0.4, -0.2) is 41.8 Å². The predicted octanol–water partition coefficient (Wildman–Crippen LogP) is 1.78. The van der Waals surface area contributed by atoms with Gasteiger partial charge in [0.1, 0.15) is 11.4 Å². The van der Waals surface area contributed by atoms with Crippen molar-refractivity contribution in [3.63, 3.8) is 0 Å². The largest absolute Gasteiger partial charge is 0.497 e. The highest BCUT2D eigenvalue weighted by molar-refractivity contribution is 5.79. The van der Waals surface area contributed by atoms with Gasteiger partial charge in [-0.1, -0.05) is 12.8 Å². The molecule has 1 saturated carbocycles. The molecule has 0 aromatic heterocycles. The summed E-state index contributed by atoms with van der Waals surface area (Å²) in [6.07, 6.45) is 4.27. The molecular formula is C15H21NO3. The molecule has 0 heterocycles. The summed E-state index contributed by atoms with van der Waals surface area (Å²) in [5, 5.41) is 20.2. The molecule has 0 saturated heterocycles. The van der Waals surface area contributed by atoms with Gasteiger partial charge in [0.05, 0.1) is 19.8 Å². The average Bonchev–Trinajstić information content (AvgIpc) is 2.43. The van der Waals surface area contributed by atoms with E-state index in [2.05, 4.69) is 4.99 Å². The van der Waals surface area contributed by atoms with Crippen LogP contribution in [0, 0.1) is 0 Å². The van der Waals surface area contributed by atoms with Crippen LogP contribution in [0.15, 0.2) is 29.3 Å². The zero-order valence-corrected chi connectivity index (χ0v) is 11.2. The quantitative estimate of drug-likeness (QED) is 0.814. The molecule has 0 radical (unpaired) electrons. The maximum absolute atomic E-state index is 10.3. The SMILES string of the molecule is COc1ccc(C=NC[C@]2(O)CCCC[C@H]2O)cc1. The van der Waals surface area contributed by atoms with E-state index >= 15 is 0 Å². The van der Waals surface area contributed by atoms with Crippen molar-refractivity contribution in [3.8, 4) is 5.75 Å². The van der Waals surface area contributed by atoms with Crippen LogP contribution in [-0.2, 0) is 0 Å². The second kappa shape index (κ2) is 6.17. The van der Waals surface area contributed by atoms with E-state index in [4.69, 9.17) is 4.74 Å². The van der Waals surface area contributed by atoms with Crippen molar-refractivity contribution in [3.05, 3.63) is 29.8 Å². The standard InChI is InChI=1S/C15H21NO3/c1-19-13-7-5-12(6-8-13)10-16-11-15(18)9-3-2-4-14(15)17/h5-8,10,14,17-18H,2-4,9,11H2,1H3/t14-,15-/m1/s1. The van der Waals surface area contributed by atoms with Gasteiger partial charge in [-0.25, -0.2) is 0 Å². The van der Waals surface area contributed by atoms with Crippen LogP contribution in [0.1, 0.15) is 31.2 Å². The number of aliphatic hydroxyl groups excluding tert-OH is 1. The zero-order chi connectivity index (χ0) is 13.7. The Bertz CT molecular complexity index is 430. The molecule has 1 fully saturated rings. The van der Waals surface area contributed by atoms with Gasteiger partial charge >= 0.3 is 0 Å². The van der Waals surface area contributed by atoms with Gasteiger partial charge in [-0.3, -0.25) is 4.99 Å². The van der Waals surface area contributed by atoms with Gasteiger partial charge < -0.3 is 14.9 Å². The lowest BCUT2D eigenvalue weighted by molar-refractivity contribution is -0.0921. The predicted molar refractivity (Wildman–Crippen MR) is 74.9 cm³/mol. The molecule has 0 bridgehead atoms. The summed E-state index contributed by atoms with van der Waals surface area (Å²) < 4.78 is 5.08. The molecular weight excluding hydrogens is 242 g/mol. The summed E-state index contributed by atoms with van der Waals surface area (Å²) in [7, 11) is 1.63. The Morgan fingerprint density at radius 1 is 1.37 bits per heavy atom. The number of hydrogen-bond donors (Lipinski definition) is 2. The minimum absolute atomic E-state index is 0.250. The van der Waals surface area contributed by atoms with Crippen molar-refractivity contribution in [1.29, 1.82) is 0 Å². The van der Waals surface area contributed by atoms with Crippen LogP contribution in [0.5, 0.6) is 5.75 Å². The highest BCUT2D eigenvalue weighted by atomic mass is 16.5. The highest BCUT2D eigenvalue weighted by Crippen LogP contribution is 2.28. The second-order valence-electron chi connectivity index (χ2n) is 5.11. The lowest BCUT2D eigenvalue weighted by atomic mass is 9.82. The van der Waals surface area contributed by atoms with Crippen molar-refractivity contribution >= 4 is 6.21 Å². The summed E-state index contributed by atoms with van der Waals surface area (Å²) in [5.74, 6) is 0.804. The first-order valence-electron chi connectivity index (χ1n) is 6.68. The minimum Gasteiger partial charge on any atom is -0.497 e. The van der Waals surface area contributed by atoms with E-state index in [-0.39, 0.29) is 6.54 Å². The summed E-state index contributed by atoms with van der Waals surface area (Å²) in [6.45, 7) is 0.250. The van der Waals surface area contributed by atoms with Crippen LogP contribution < -0.4 is 4.74 Å². The van der Waals surface area contributed by atoms with E-state index in [0.29, 0.717) is 12.8 Å². The topological polar surface area (TPSA) is 62.0 Å². The van der Waals surface area contributed by atoms with Gasteiger partial charge in [-0.2, -0.15) is 0 Å². The lowest BCUT2D eigenvalue weighted by Crippen LogP contribution is -2.47. The summed E-state index contributed by atoms with van der Waals surface area (Å²) in [4.78, 5) is 4.27. The number of rotatable bonds is 4. The molecule has 0 aliphatic heterocycles. The van der Waals surface area contributed by atoms with Crippen LogP contribution in [0.25, 0.3) is 0 Å². The maximum Gasteiger partial charge on any atom is 0.118 e. The molecule has 0 spiro atoms. The third-order valence-corrected chi connectivity index (χ3v) is 3.68. The Morgan fingerprint density at radius 2 is 2.11 bits per heavy atom. The molecule has 0 amide bonds. The fraction of sp³-hybridized carbons (Fsp3) is 0.533. The lowest BCUT2D eigenvalue weighted by Gasteiger charge is -2.35. The van der Waals surface area contributed by atoms with Gasteiger partial charge in [0.2, 0.25) is 0 Å². The first-order valence-corrected chi connectivity index (χ1v) is 6.68. The Morgan fingerprint density at radius 3 is 2.74 bits per heavy atom. The smallest absolute Gasteiger partial charge is 0.118 e. The second-order valence-corrected chi connectivity index (χ2v) is 5.11. The molecule has 4 nitrogen and oxygen atoms in total. The van der Waals surface area contributed by atoms with E-state index in [9.17, 15) is 10.2 Å². The molecule has 1 aliphatic rings. The van der Waals surface area contributed by atoms with Gasteiger partial charge in [0.15, 0.2) is 0 Å². The van der Waals surface area contributed by atoms with Crippen LogP contribution >= 0.6 is 0 Å². The molecule has 0 unspecified atom stereocenters. The number of nitrogens with zero attached hydrogens (tertiary/aromatic N) is 1. The Balaban J connectivity index is 1.94. The first-order chi connectivity index (χ1) is 9.14. The number of aliphatic imine (C=N–C) groups is 1. The highest BCUT2D eigenvalue weighted by Gasteiger charge is 2.37. The van der Waals surface area contributed by atoms with E-state index < -0.39 is 11.7 Å². The molecule has 1 aromatic rings. The minimum atomic E-state index is -1.05. The molecule has 2 atom stereocenters. The van der Waals surface area contributed by atoms with Crippen LogP contribution in [0.4, 0.5) is 0 Å². The number of benzene rings is 1. The average molecular weight is 263 g/mol. The third kappa shape index (κ3) is 3.55. The number of aliphatic hydroxyl groups is 2. The van der Waals surface area contributed by atoms with Gasteiger partial charge in [-0.15, -0.1) is 0 Å².